The highest BCUT2D eigenvalue weighted by atomic mass is 16.5. The molecule has 0 aliphatic heterocycles. The second kappa shape index (κ2) is 3.31. The van der Waals surface area contributed by atoms with Crippen LogP contribution < -0.4 is 11.5 Å². The highest BCUT2D eigenvalue weighted by Gasteiger charge is 2.13. The van der Waals surface area contributed by atoms with Gasteiger partial charge >= 0.3 is 0 Å². The van der Waals surface area contributed by atoms with Gasteiger partial charge in [-0.15, -0.1) is 0 Å². The van der Waals surface area contributed by atoms with Gasteiger partial charge in [0.1, 0.15) is 11.4 Å². The third-order valence-electron chi connectivity index (χ3n) is 2.39. The van der Waals surface area contributed by atoms with Crippen molar-refractivity contribution in [2.45, 2.75) is 13.8 Å². The number of rotatable bonds is 1. The van der Waals surface area contributed by atoms with E-state index in [0.29, 0.717) is 11.4 Å². The number of benzene rings is 1. The fourth-order valence-electron chi connectivity index (χ4n) is 1.58. The van der Waals surface area contributed by atoms with Crippen LogP contribution in [0.25, 0.3) is 11.3 Å². The lowest BCUT2D eigenvalue weighted by molar-refractivity contribution is 0.439. The average Bonchev–Trinajstić information content (AvgIpc) is 2.49. The maximum atomic E-state index is 5.76. The fraction of sp³-hybridized carbons (Fsp3) is 0.182. The Kier molecular flexibility index (Phi) is 2.11. The van der Waals surface area contributed by atoms with Crippen molar-refractivity contribution in [2.24, 2.45) is 0 Å². The number of nitrogen functional groups attached to an aromatic ring is 2. The highest BCUT2D eigenvalue weighted by molar-refractivity contribution is 5.80. The molecule has 0 saturated carbocycles. The topological polar surface area (TPSA) is 78.1 Å². The van der Waals surface area contributed by atoms with Gasteiger partial charge in [-0.05, 0) is 19.4 Å². The normalized spacial score (nSPS) is 10.5. The summed E-state index contributed by atoms with van der Waals surface area (Å²) < 4.78 is 4.84. The molecule has 2 rings (SSSR count). The molecule has 4 heteroatoms. The summed E-state index contributed by atoms with van der Waals surface area (Å²) in [4.78, 5) is 0. The Morgan fingerprint density at radius 1 is 1.20 bits per heavy atom. The molecule has 0 atom stereocenters. The standard InChI is InChI=1S/C11H13N3O/c1-6-3-4-8(7(2)5-6)10-9(12)11(13)15-14-10/h3-5H,12-13H2,1-2H3. The summed E-state index contributed by atoms with van der Waals surface area (Å²) >= 11 is 0. The minimum atomic E-state index is 0.171. The number of hydrogen-bond donors (Lipinski definition) is 2. The molecule has 0 aliphatic rings. The predicted octanol–water partition coefficient (Wildman–Crippen LogP) is 2.12. The molecule has 1 heterocycles. The van der Waals surface area contributed by atoms with Gasteiger partial charge in [-0.2, -0.15) is 0 Å². The number of nitrogens with two attached hydrogens (primary N) is 2. The van der Waals surface area contributed by atoms with Crippen molar-refractivity contribution < 1.29 is 4.52 Å². The molecule has 0 aliphatic carbocycles. The smallest absolute Gasteiger partial charge is 0.245 e. The van der Waals surface area contributed by atoms with Gasteiger partial charge in [-0.1, -0.05) is 28.9 Å². The quantitative estimate of drug-likeness (QED) is 0.744. The van der Waals surface area contributed by atoms with Gasteiger partial charge in [0.15, 0.2) is 0 Å². The molecule has 78 valence electrons. The van der Waals surface area contributed by atoms with Crippen LogP contribution in [0.3, 0.4) is 0 Å². The number of anilines is 2. The maximum Gasteiger partial charge on any atom is 0.245 e. The van der Waals surface area contributed by atoms with Gasteiger partial charge in [0, 0.05) is 5.56 Å². The van der Waals surface area contributed by atoms with E-state index in [-0.39, 0.29) is 5.88 Å². The summed E-state index contributed by atoms with van der Waals surface area (Å²) in [5, 5.41) is 3.85. The SMILES string of the molecule is Cc1ccc(-c2noc(N)c2N)c(C)c1. The average molecular weight is 203 g/mol. The lowest BCUT2D eigenvalue weighted by Crippen LogP contribution is -1.93. The Bertz CT molecular complexity index is 503. The molecule has 0 bridgehead atoms. The van der Waals surface area contributed by atoms with E-state index in [1.165, 1.54) is 5.56 Å². The summed E-state index contributed by atoms with van der Waals surface area (Å²) in [6.07, 6.45) is 0. The minimum Gasteiger partial charge on any atom is -0.392 e. The summed E-state index contributed by atoms with van der Waals surface area (Å²) in [5.74, 6) is 0.171. The second-order valence-electron chi connectivity index (χ2n) is 3.63. The molecule has 0 amide bonds. The first-order valence-corrected chi connectivity index (χ1v) is 4.68. The molecular formula is C11H13N3O. The number of aromatic nitrogens is 1. The van der Waals surface area contributed by atoms with Gasteiger partial charge in [0.25, 0.3) is 0 Å². The highest BCUT2D eigenvalue weighted by Crippen LogP contribution is 2.31. The van der Waals surface area contributed by atoms with Gasteiger partial charge in [-0.25, -0.2) is 0 Å². The van der Waals surface area contributed by atoms with Crippen molar-refractivity contribution in [1.29, 1.82) is 0 Å². The van der Waals surface area contributed by atoms with E-state index < -0.39 is 0 Å². The number of hydrogen-bond acceptors (Lipinski definition) is 4. The van der Waals surface area contributed by atoms with E-state index in [2.05, 4.69) is 11.2 Å². The Hall–Kier alpha value is -1.97. The molecule has 0 unspecified atom stereocenters. The van der Waals surface area contributed by atoms with Crippen LogP contribution in [0.2, 0.25) is 0 Å². The fourth-order valence-corrected chi connectivity index (χ4v) is 1.58. The van der Waals surface area contributed by atoms with E-state index in [4.69, 9.17) is 16.0 Å². The summed E-state index contributed by atoms with van der Waals surface area (Å²) in [6.45, 7) is 4.05. The molecule has 1 aromatic carbocycles. The first kappa shape index (κ1) is 9.58. The van der Waals surface area contributed by atoms with Gasteiger partial charge < -0.3 is 16.0 Å². The summed E-state index contributed by atoms with van der Waals surface area (Å²) in [7, 11) is 0. The third kappa shape index (κ3) is 1.54. The van der Waals surface area contributed by atoms with Crippen molar-refractivity contribution in [3.63, 3.8) is 0 Å². The monoisotopic (exact) mass is 203 g/mol. The molecule has 0 spiro atoms. The summed E-state index contributed by atoms with van der Waals surface area (Å²) in [5.41, 5.74) is 15.5. The van der Waals surface area contributed by atoms with Crippen molar-refractivity contribution in [3.05, 3.63) is 29.3 Å². The van der Waals surface area contributed by atoms with Gasteiger partial charge in [-0.3, -0.25) is 0 Å². The first-order chi connectivity index (χ1) is 7.09. The molecular weight excluding hydrogens is 190 g/mol. The Morgan fingerprint density at radius 2 is 1.93 bits per heavy atom. The second-order valence-corrected chi connectivity index (χ2v) is 3.63. The van der Waals surface area contributed by atoms with E-state index in [1.807, 2.05) is 26.0 Å². The van der Waals surface area contributed by atoms with E-state index in [1.54, 1.807) is 0 Å². The minimum absolute atomic E-state index is 0.171. The van der Waals surface area contributed by atoms with Crippen molar-refractivity contribution >= 4 is 11.6 Å². The zero-order valence-corrected chi connectivity index (χ0v) is 8.74. The zero-order chi connectivity index (χ0) is 11.0. The van der Waals surface area contributed by atoms with Crippen LogP contribution in [0.15, 0.2) is 22.7 Å². The van der Waals surface area contributed by atoms with Gasteiger partial charge in [0.05, 0.1) is 0 Å². The first-order valence-electron chi connectivity index (χ1n) is 4.68. The molecule has 0 radical (unpaired) electrons. The van der Waals surface area contributed by atoms with Crippen molar-refractivity contribution in [2.75, 3.05) is 11.5 Å². The molecule has 0 saturated heterocycles. The molecule has 2 aromatic rings. The van der Waals surface area contributed by atoms with Crippen LogP contribution in [0.1, 0.15) is 11.1 Å². The molecule has 15 heavy (non-hydrogen) atoms. The van der Waals surface area contributed by atoms with E-state index >= 15 is 0 Å². The number of nitrogens with zero attached hydrogens (tertiary/aromatic N) is 1. The van der Waals surface area contributed by atoms with E-state index in [0.717, 1.165) is 11.1 Å². The Labute approximate surface area is 87.9 Å². The van der Waals surface area contributed by atoms with Crippen LogP contribution in [-0.4, -0.2) is 5.16 Å². The Morgan fingerprint density at radius 3 is 2.47 bits per heavy atom. The Balaban J connectivity index is 2.59. The lowest BCUT2D eigenvalue weighted by atomic mass is 10.0. The zero-order valence-electron chi connectivity index (χ0n) is 8.74. The van der Waals surface area contributed by atoms with Crippen LogP contribution in [0, 0.1) is 13.8 Å². The third-order valence-corrected chi connectivity index (χ3v) is 2.39. The van der Waals surface area contributed by atoms with Crippen LogP contribution in [-0.2, 0) is 0 Å². The maximum absolute atomic E-state index is 5.76. The van der Waals surface area contributed by atoms with E-state index in [9.17, 15) is 0 Å². The molecule has 4 nitrogen and oxygen atoms in total. The predicted molar refractivity (Wildman–Crippen MR) is 60.2 cm³/mol. The molecule has 4 N–H and O–H groups in total. The molecule has 0 fully saturated rings. The molecule has 1 aromatic heterocycles. The van der Waals surface area contributed by atoms with Crippen LogP contribution >= 0.6 is 0 Å². The number of aryl methyl sites for hydroxylation is 2. The van der Waals surface area contributed by atoms with Crippen molar-refractivity contribution in [3.8, 4) is 11.3 Å². The lowest BCUT2D eigenvalue weighted by Gasteiger charge is -2.03. The van der Waals surface area contributed by atoms with Crippen molar-refractivity contribution in [1.82, 2.24) is 5.16 Å². The largest absolute Gasteiger partial charge is 0.392 e. The summed E-state index contributed by atoms with van der Waals surface area (Å²) in [6, 6.07) is 6.05. The van der Waals surface area contributed by atoms with Crippen LogP contribution in [0.5, 0.6) is 0 Å². The van der Waals surface area contributed by atoms with Crippen LogP contribution in [0.4, 0.5) is 11.6 Å². The van der Waals surface area contributed by atoms with Gasteiger partial charge in [0.2, 0.25) is 5.88 Å².